The summed E-state index contributed by atoms with van der Waals surface area (Å²) in [4.78, 5) is 19.9. The van der Waals surface area contributed by atoms with E-state index in [-0.39, 0.29) is 23.9 Å². The van der Waals surface area contributed by atoms with Gasteiger partial charge in [0.2, 0.25) is 0 Å². The average molecular weight is 578 g/mol. The van der Waals surface area contributed by atoms with Crippen molar-refractivity contribution in [3.8, 4) is 0 Å². The molecule has 1 aliphatic carbocycles. The second-order valence-electron chi connectivity index (χ2n) is 13.2. The molecule has 0 spiro atoms. The molecule has 4 heterocycles. The summed E-state index contributed by atoms with van der Waals surface area (Å²) < 4.78 is 7.86. The van der Waals surface area contributed by atoms with Crippen molar-refractivity contribution >= 4 is 28.4 Å². The smallest absolute Gasteiger partial charge is 0.167 e. The lowest BCUT2D eigenvalue weighted by Gasteiger charge is -2.46. The quantitative estimate of drug-likeness (QED) is 0.285. The van der Waals surface area contributed by atoms with E-state index in [4.69, 9.17) is 15.5 Å². The summed E-state index contributed by atoms with van der Waals surface area (Å²) in [5.41, 5.74) is 11.3. The summed E-state index contributed by atoms with van der Waals surface area (Å²) in [6.07, 6.45) is 4.60. The van der Waals surface area contributed by atoms with Gasteiger partial charge >= 0.3 is 0 Å². The highest BCUT2D eigenvalue weighted by Crippen LogP contribution is 2.40. The molecule has 2 aliphatic heterocycles. The zero-order valence-corrected chi connectivity index (χ0v) is 24.9. The van der Waals surface area contributed by atoms with Gasteiger partial charge in [0.05, 0.1) is 18.6 Å². The third-order valence-electron chi connectivity index (χ3n) is 9.51. The monoisotopic (exact) mass is 577 g/mol. The zero-order valence-electron chi connectivity index (χ0n) is 24.9. The van der Waals surface area contributed by atoms with E-state index in [9.17, 15) is 15.3 Å². The molecule has 2 fully saturated rings. The highest BCUT2D eigenvalue weighted by atomic mass is 16.6. The largest absolute Gasteiger partial charge is 0.395 e. The number of nitrogens with two attached hydrogens (primary N) is 1. The molecule has 11 heteroatoms. The first-order chi connectivity index (χ1) is 20.1. The van der Waals surface area contributed by atoms with Crippen LogP contribution in [0.15, 0.2) is 35.8 Å². The standard InChI is InChI=1S/C31H43N7O4/c1-17(2)37(13-24-26(40)27(41)30(42-24)38-16-35-25-28(32)33-15-34-29(25)38)22-9-18(10-22)5-8-21-11-19-6-7-20(12-23(19)36-21)31(3,4)14-39/h6-7,12,15-18,22,24,26-27,30,39-41H,5,8-11,13-14H2,1-4H3,(H2,32,33,34)/t18-,22+,24-,26-,27-,30-/m1/s1. The van der Waals surface area contributed by atoms with Crippen LogP contribution < -0.4 is 5.73 Å². The molecular formula is C31H43N7O4. The Morgan fingerprint density at radius 1 is 1.14 bits per heavy atom. The number of hydrogen-bond donors (Lipinski definition) is 4. The van der Waals surface area contributed by atoms with Gasteiger partial charge in [0.25, 0.3) is 0 Å². The van der Waals surface area contributed by atoms with E-state index < -0.39 is 24.5 Å². The van der Waals surface area contributed by atoms with Crippen molar-refractivity contribution in [2.24, 2.45) is 10.9 Å². The molecule has 6 rings (SSSR count). The molecule has 2 aromatic heterocycles. The van der Waals surface area contributed by atoms with Crippen molar-refractivity contribution in [3.63, 3.8) is 0 Å². The number of aliphatic imine (C=N–C) groups is 1. The normalized spacial score (nSPS) is 27.6. The number of aliphatic hydroxyl groups excluding tert-OH is 3. The molecule has 42 heavy (non-hydrogen) atoms. The van der Waals surface area contributed by atoms with Crippen LogP contribution in [0.25, 0.3) is 11.2 Å². The first-order valence-corrected chi connectivity index (χ1v) is 15.1. The second kappa shape index (κ2) is 11.3. The van der Waals surface area contributed by atoms with Crippen LogP contribution in [0.4, 0.5) is 11.5 Å². The molecule has 0 bridgehead atoms. The van der Waals surface area contributed by atoms with Crippen molar-refractivity contribution in [3.05, 3.63) is 42.0 Å². The van der Waals surface area contributed by atoms with Crippen LogP contribution in [-0.2, 0) is 16.6 Å². The van der Waals surface area contributed by atoms with Crippen molar-refractivity contribution in [1.82, 2.24) is 24.4 Å². The van der Waals surface area contributed by atoms with Gasteiger partial charge in [-0.2, -0.15) is 0 Å². The van der Waals surface area contributed by atoms with Crippen LogP contribution in [-0.4, -0.2) is 89.0 Å². The molecule has 0 radical (unpaired) electrons. The first-order valence-electron chi connectivity index (χ1n) is 15.1. The van der Waals surface area contributed by atoms with Gasteiger partial charge in [-0.05, 0) is 62.6 Å². The third-order valence-corrected chi connectivity index (χ3v) is 9.51. The van der Waals surface area contributed by atoms with Crippen LogP contribution in [0.1, 0.15) is 70.7 Å². The van der Waals surface area contributed by atoms with Gasteiger partial charge in [0.15, 0.2) is 17.7 Å². The van der Waals surface area contributed by atoms with Gasteiger partial charge in [0.1, 0.15) is 30.2 Å². The average Bonchev–Trinajstić information content (AvgIpc) is 3.63. The van der Waals surface area contributed by atoms with Gasteiger partial charge in [-0.15, -0.1) is 0 Å². The third kappa shape index (κ3) is 5.33. The maximum absolute atomic E-state index is 10.9. The number of benzene rings is 1. The summed E-state index contributed by atoms with van der Waals surface area (Å²) in [6, 6.07) is 7.11. The van der Waals surface area contributed by atoms with Gasteiger partial charge in [-0.1, -0.05) is 26.0 Å². The SMILES string of the molecule is CC(C)N(C[C@H]1O[C@@H](n2cnc3c(N)ncnc32)[C@H](O)[C@@H]1O)[C@H]1C[C@@H](CCC2=Nc3cc(C(C)(C)CO)ccc3C2)C1. The van der Waals surface area contributed by atoms with Gasteiger partial charge in [-0.3, -0.25) is 14.5 Å². The van der Waals surface area contributed by atoms with E-state index in [0.29, 0.717) is 29.7 Å². The number of anilines is 1. The number of nitrogens with zero attached hydrogens (tertiary/aromatic N) is 6. The summed E-state index contributed by atoms with van der Waals surface area (Å²) in [5, 5.41) is 31.6. The van der Waals surface area contributed by atoms with Crippen LogP contribution in [0.3, 0.4) is 0 Å². The summed E-state index contributed by atoms with van der Waals surface area (Å²) in [7, 11) is 0. The van der Waals surface area contributed by atoms with Crippen molar-refractivity contribution < 1.29 is 20.1 Å². The van der Waals surface area contributed by atoms with E-state index in [2.05, 4.69) is 65.7 Å². The minimum absolute atomic E-state index is 0.109. The number of ether oxygens (including phenoxy) is 1. The minimum Gasteiger partial charge on any atom is -0.395 e. The first kappa shape index (κ1) is 29.1. The Bertz CT molecular complexity index is 1460. The molecular weight excluding hydrogens is 534 g/mol. The predicted octanol–water partition coefficient (Wildman–Crippen LogP) is 2.90. The Labute approximate surface area is 246 Å². The molecule has 3 aromatic rings. The number of nitrogen functional groups attached to an aromatic ring is 1. The molecule has 1 aromatic carbocycles. The molecule has 1 saturated carbocycles. The molecule has 5 N–H and O–H groups in total. The molecule has 0 unspecified atom stereocenters. The summed E-state index contributed by atoms with van der Waals surface area (Å²) in [6.45, 7) is 9.08. The number of fused-ring (bicyclic) bond motifs is 2. The number of aromatic nitrogens is 4. The lowest BCUT2D eigenvalue weighted by Crippen LogP contribution is -2.52. The van der Waals surface area contributed by atoms with E-state index >= 15 is 0 Å². The number of rotatable bonds is 10. The van der Waals surface area contributed by atoms with Crippen LogP contribution in [0, 0.1) is 5.92 Å². The maximum Gasteiger partial charge on any atom is 0.167 e. The topological polar surface area (TPSA) is 155 Å². The number of hydrogen-bond acceptors (Lipinski definition) is 10. The second-order valence-corrected chi connectivity index (χ2v) is 13.2. The van der Waals surface area contributed by atoms with Gasteiger partial charge in [-0.25, -0.2) is 15.0 Å². The zero-order chi connectivity index (χ0) is 29.8. The number of aliphatic hydroxyl groups is 3. The van der Waals surface area contributed by atoms with E-state index in [0.717, 1.165) is 43.4 Å². The molecule has 0 amide bonds. The molecule has 11 nitrogen and oxygen atoms in total. The minimum atomic E-state index is -1.12. The maximum atomic E-state index is 10.9. The fourth-order valence-corrected chi connectivity index (χ4v) is 6.64. The van der Waals surface area contributed by atoms with E-state index in [1.165, 1.54) is 23.9 Å². The van der Waals surface area contributed by atoms with Crippen LogP contribution >= 0.6 is 0 Å². The van der Waals surface area contributed by atoms with Crippen LogP contribution in [0.5, 0.6) is 0 Å². The Morgan fingerprint density at radius 2 is 1.93 bits per heavy atom. The summed E-state index contributed by atoms with van der Waals surface area (Å²) in [5.74, 6) is 0.899. The van der Waals surface area contributed by atoms with Crippen molar-refractivity contribution in [1.29, 1.82) is 0 Å². The molecule has 3 aliphatic rings. The highest BCUT2D eigenvalue weighted by molar-refractivity contribution is 5.94. The number of imidazole rings is 1. The molecule has 4 atom stereocenters. The lowest BCUT2D eigenvalue weighted by atomic mass is 9.75. The fourth-order valence-electron chi connectivity index (χ4n) is 6.64. The van der Waals surface area contributed by atoms with E-state index in [1.54, 1.807) is 4.57 Å². The Morgan fingerprint density at radius 3 is 2.67 bits per heavy atom. The molecule has 226 valence electrons. The predicted molar refractivity (Wildman–Crippen MR) is 161 cm³/mol. The molecule has 1 saturated heterocycles. The van der Waals surface area contributed by atoms with Crippen LogP contribution in [0.2, 0.25) is 0 Å². The summed E-state index contributed by atoms with van der Waals surface area (Å²) >= 11 is 0. The Balaban J connectivity index is 1.04. The van der Waals surface area contributed by atoms with Gasteiger partial charge < -0.3 is 25.8 Å². The lowest BCUT2D eigenvalue weighted by molar-refractivity contribution is -0.0619. The van der Waals surface area contributed by atoms with Crippen molar-refractivity contribution in [2.45, 2.75) is 102 Å². The fraction of sp³-hybridized carbons (Fsp3) is 0.613. The van der Waals surface area contributed by atoms with E-state index in [1.807, 2.05) is 0 Å². The van der Waals surface area contributed by atoms with Crippen molar-refractivity contribution in [2.75, 3.05) is 18.9 Å². The highest BCUT2D eigenvalue weighted by Gasteiger charge is 2.46. The Hall–Kier alpha value is -2.96. The Kier molecular flexibility index (Phi) is 7.82. The van der Waals surface area contributed by atoms with Gasteiger partial charge in [0, 0.05) is 36.2 Å².